The molecule has 2 aromatic rings. The molecular weight excluding hydrogens is 356 g/mol. The van der Waals surface area contributed by atoms with Crippen molar-refractivity contribution in [2.45, 2.75) is 51.4 Å². The number of fused-ring (bicyclic) bond motifs is 1. The van der Waals surface area contributed by atoms with Crippen LogP contribution in [0.2, 0.25) is 0 Å². The van der Waals surface area contributed by atoms with Crippen molar-refractivity contribution >= 4 is 11.7 Å². The minimum atomic E-state index is -0.0432. The summed E-state index contributed by atoms with van der Waals surface area (Å²) >= 11 is 0. The number of piperidine rings is 1. The van der Waals surface area contributed by atoms with Crippen molar-refractivity contribution in [3.8, 4) is 0 Å². The number of anilines is 1. The van der Waals surface area contributed by atoms with E-state index < -0.39 is 0 Å². The summed E-state index contributed by atoms with van der Waals surface area (Å²) in [6.07, 6.45) is 7.79. The van der Waals surface area contributed by atoms with Gasteiger partial charge in [0.25, 0.3) is 5.91 Å². The molecule has 2 aliphatic rings. The molecule has 0 unspecified atom stereocenters. The number of carbonyl (C=O) groups is 1. The summed E-state index contributed by atoms with van der Waals surface area (Å²) in [5.41, 5.74) is 2.65. The summed E-state index contributed by atoms with van der Waals surface area (Å²) in [6, 6.07) is 0.202. The average Bonchev–Trinajstić information content (AvgIpc) is 3.04. The van der Waals surface area contributed by atoms with Gasteiger partial charge in [0.1, 0.15) is 5.82 Å². The van der Waals surface area contributed by atoms with Gasteiger partial charge < -0.3 is 14.5 Å². The Hall–Kier alpha value is -2.48. The third-order valence-electron chi connectivity index (χ3n) is 5.92. The number of nitrogens with zero attached hydrogens (tertiary/aromatic N) is 6. The topological polar surface area (TPSA) is 76.4 Å². The van der Waals surface area contributed by atoms with E-state index in [1.165, 1.54) is 0 Å². The van der Waals surface area contributed by atoms with E-state index >= 15 is 0 Å². The van der Waals surface area contributed by atoms with E-state index in [2.05, 4.69) is 20.0 Å². The fourth-order valence-corrected chi connectivity index (χ4v) is 4.48. The van der Waals surface area contributed by atoms with Crippen molar-refractivity contribution in [1.82, 2.24) is 24.6 Å². The first-order valence-corrected chi connectivity index (χ1v) is 9.95. The number of hydrogen-bond acceptors (Lipinski definition) is 6. The van der Waals surface area contributed by atoms with E-state index in [4.69, 9.17) is 4.74 Å². The van der Waals surface area contributed by atoms with Gasteiger partial charge in [-0.25, -0.2) is 4.98 Å². The molecule has 0 aromatic carbocycles. The molecule has 2 aliphatic heterocycles. The number of ether oxygens (including phenoxy) is 1. The zero-order valence-electron chi connectivity index (χ0n) is 17.0. The molecule has 2 atom stereocenters. The molecule has 2 aromatic heterocycles. The quantitative estimate of drug-likeness (QED) is 0.805. The number of amides is 1. The highest BCUT2D eigenvalue weighted by molar-refractivity contribution is 5.94. The third-order valence-corrected chi connectivity index (χ3v) is 5.92. The van der Waals surface area contributed by atoms with Crippen LogP contribution in [0.4, 0.5) is 5.82 Å². The maximum atomic E-state index is 13.3. The minimum Gasteiger partial charge on any atom is -0.369 e. The smallest absolute Gasteiger partial charge is 0.274 e. The van der Waals surface area contributed by atoms with Crippen LogP contribution in [0.3, 0.4) is 0 Å². The molecule has 8 nitrogen and oxygen atoms in total. The van der Waals surface area contributed by atoms with Gasteiger partial charge in [-0.1, -0.05) is 0 Å². The lowest BCUT2D eigenvalue weighted by atomic mass is 9.98. The fourth-order valence-electron chi connectivity index (χ4n) is 4.48. The predicted octanol–water partition coefficient (Wildman–Crippen LogP) is 1.97. The summed E-state index contributed by atoms with van der Waals surface area (Å²) < 4.78 is 7.72. The van der Waals surface area contributed by atoms with Crippen LogP contribution < -0.4 is 4.90 Å². The van der Waals surface area contributed by atoms with Crippen LogP contribution >= 0.6 is 0 Å². The van der Waals surface area contributed by atoms with Gasteiger partial charge in [0.2, 0.25) is 0 Å². The fraction of sp³-hybridized carbons (Fsp3) is 0.600. The van der Waals surface area contributed by atoms with Crippen molar-refractivity contribution < 1.29 is 9.53 Å². The van der Waals surface area contributed by atoms with E-state index in [1.54, 1.807) is 18.6 Å². The van der Waals surface area contributed by atoms with Gasteiger partial charge >= 0.3 is 0 Å². The van der Waals surface area contributed by atoms with E-state index in [0.29, 0.717) is 5.69 Å². The van der Waals surface area contributed by atoms with Gasteiger partial charge in [0.15, 0.2) is 5.69 Å². The first-order chi connectivity index (χ1) is 13.5. The van der Waals surface area contributed by atoms with Crippen LogP contribution in [0.15, 0.2) is 18.6 Å². The molecule has 4 rings (SSSR count). The van der Waals surface area contributed by atoms with E-state index in [-0.39, 0.29) is 24.2 Å². The summed E-state index contributed by atoms with van der Waals surface area (Å²) in [4.78, 5) is 25.9. The van der Waals surface area contributed by atoms with Crippen molar-refractivity contribution in [3.63, 3.8) is 0 Å². The number of rotatable bonds is 3. The molecule has 0 aliphatic carbocycles. The Kier molecular flexibility index (Phi) is 5.05. The first-order valence-electron chi connectivity index (χ1n) is 9.95. The lowest BCUT2D eigenvalue weighted by Crippen LogP contribution is -2.46. The van der Waals surface area contributed by atoms with Crippen LogP contribution in [0.5, 0.6) is 0 Å². The Bertz CT molecular complexity index is 844. The largest absolute Gasteiger partial charge is 0.369 e. The molecule has 0 saturated carbocycles. The Morgan fingerprint density at radius 1 is 1.25 bits per heavy atom. The van der Waals surface area contributed by atoms with Gasteiger partial charge in [0.05, 0.1) is 24.1 Å². The van der Waals surface area contributed by atoms with Crippen molar-refractivity contribution in [2.24, 2.45) is 7.05 Å². The molecule has 1 fully saturated rings. The lowest BCUT2D eigenvalue weighted by molar-refractivity contribution is -0.00907. The second-order valence-corrected chi connectivity index (χ2v) is 7.83. The molecule has 0 bridgehead atoms. The minimum absolute atomic E-state index is 0.0103. The zero-order chi connectivity index (χ0) is 19.8. The summed E-state index contributed by atoms with van der Waals surface area (Å²) in [5.74, 6) is 0.910. The lowest BCUT2D eigenvalue weighted by Gasteiger charge is -2.37. The van der Waals surface area contributed by atoms with Crippen LogP contribution in [0.1, 0.15) is 54.5 Å². The SMILES string of the molecule is C[C@@H]1Cc2c(C(=O)N(C)C3CCN(c4cnccn4)CC3)nn(C)c2[C@H](C)O1. The van der Waals surface area contributed by atoms with Gasteiger partial charge in [-0.2, -0.15) is 5.10 Å². The Balaban J connectivity index is 1.47. The molecule has 1 saturated heterocycles. The highest BCUT2D eigenvalue weighted by Gasteiger charge is 2.34. The van der Waals surface area contributed by atoms with Crippen molar-refractivity contribution in [3.05, 3.63) is 35.5 Å². The third kappa shape index (κ3) is 3.37. The summed E-state index contributed by atoms with van der Waals surface area (Å²) in [5, 5.41) is 4.57. The maximum Gasteiger partial charge on any atom is 0.274 e. The highest BCUT2D eigenvalue weighted by atomic mass is 16.5. The standard InChI is InChI=1S/C20H28N6O2/c1-13-11-16-18(23-25(4)19(16)14(2)28-13)20(27)24(3)15-5-9-26(10-6-15)17-12-21-7-8-22-17/h7-8,12-15H,5-6,9-11H2,1-4H3/t13-,14+/m1/s1. The van der Waals surface area contributed by atoms with E-state index in [1.807, 2.05) is 37.5 Å². The molecule has 0 N–H and O–H groups in total. The molecule has 0 spiro atoms. The number of carbonyl (C=O) groups excluding carboxylic acids is 1. The summed E-state index contributed by atoms with van der Waals surface area (Å²) in [7, 11) is 3.79. The summed E-state index contributed by atoms with van der Waals surface area (Å²) in [6.45, 7) is 5.80. The maximum absolute atomic E-state index is 13.3. The van der Waals surface area contributed by atoms with Gasteiger partial charge in [0, 0.05) is 57.6 Å². The average molecular weight is 384 g/mol. The van der Waals surface area contributed by atoms with Crippen LogP contribution in [-0.2, 0) is 18.2 Å². The number of aromatic nitrogens is 4. The first kappa shape index (κ1) is 18.9. The van der Waals surface area contributed by atoms with Crippen LogP contribution in [0, 0.1) is 0 Å². The Morgan fingerprint density at radius 3 is 2.68 bits per heavy atom. The number of hydrogen-bond donors (Lipinski definition) is 0. The van der Waals surface area contributed by atoms with Crippen molar-refractivity contribution in [2.75, 3.05) is 25.0 Å². The zero-order valence-corrected chi connectivity index (χ0v) is 17.0. The molecular formula is C20H28N6O2. The Labute approximate surface area is 165 Å². The predicted molar refractivity (Wildman–Crippen MR) is 105 cm³/mol. The van der Waals surface area contributed by atoms with E-state index in [9.17, 15) is 4.79 Å². The Morgan fingerprint density at radius 2 is 2.00 bits per heavy atom. The molecule has 1 amide bonds. The second kappa shape index (κ2) is 7.50. The second-order valence-electron chi connectivity index (χ2n) is 7.83. The van der Waals surface area contributed by atoms with Crippen molar-refractivity contribution in [1.29, 1.82) is 0 Å². The molecule has 28 heavy (non-hydrogen) atoms. The molecule has 8 heteroatoms. The van der Waals surface area contributed by atoms with Crippen LogP contribution in [0.25, 0.3) is 0 Å². The van der Waals surface area contributed by atoms with E-state index in [0.717, 1.165) is 49.4 Å². The highest BCUT2D eigenvalue weighted by Crippen LogP contribution is 2.32. The molecule has 150 valence electrons. The monoisotopic (exact) mass is 384 g/mol. The van der Waals surface area contributed by atoms with Crippen LogP contribution in [-0.4, -0.2) is 62.8 Å². The van der Waals surface area contributed by atoms with Gasteiger partial charge in [-0.3, -0.25) is 14.5 Å². The normalized spacial score (nSPS) is 22.8. The number of aryl methyl sites for hydroxylation is 1. The van der Waals surface area contributed by atoms with Gasteiger partial charge in [-0.15, -0.1) is 0 Å². The molecule has 4 heterocycles. The molecule has 0 radical (unpaired) electrons. The van der Waals surface area contributed by atoms with Gasteiger partial charge in [-0.05, 0) is 26.7 Å².